The molecule has 5 nitrogen and oxygen atoms in total. The highest BCUT2D eigenvalue weighted by Gasteiger charge is 2.56. The van der Waals surface area contributed by atoms with Gasteiger partial charge >= 0.3 is 0 Å². The number of ether oxygens (including phenoxy) is 1. The fourth-order valence-corrected chi connectivity index (χ4v) is 5.90. The molecule has 6 heteroatoms. The average Bonchev–Trinajstić information content (AvgIpc) is 3.17. The van der Waals surface area contributed by atoms with Crippen molar-refractivity contribution in [2.45, 2.75) is 55.4 Å². The second-order valence-electron chi connectivity index (χ2n) is 6.96. The molecule has 0 bridgehead atoms. The van der Waals surface area contributed by atoms with Crippen LogP contribution in [0, 0.1) is 0 Å². The molecule has 0 amide bonds. The van der Waals surface area contributed by atoms with E-state index in [4.69, 9.17) is 4.74 Å². The lowest BCUT2D eigenvalue weighted by molar-refractivity contribution is -0.0775. The third kappa shape index (κ3) is 2.21. The highest BCUT2D eigenvalue weighted by molar-refractivity contribution is 7.90. The maximum Gasteiger partial charge on any atom is 0.217 e. The lowest BCUT2D eigenvalue weighted by Crippen LogP contribution is -2.64. The molecular weight excluding hydrogens is 276 g/mol. The third-order valence-electron chi connectivity index (χ3n) is 5.33. The Morgan fingerprint density at radius 1 is 1.05 bits per heavy atom. The number of piperidine rings is 1. The first-order chi connectivity index (χ1) is 9.59. The van der Waals surface area contributed by atoms with Crippen molar-refractivity contribution in [2.75, 3.05) is 32.8 Å². The van der Waals surface area contributed by atoms with Gasteiger partial charge in [0.25, 0.3) is 0 Å². The second kappa shape index (κ2) is 4.66. The standard InChI is InChI=1S/C14H24N2O3S/c17-20(18,13-4-5-13)16-10-14(11-16)8-12(9-19-14)15-6-2-1-3-7-15/h12-13H,1-11H2. The first-order valence-electron chi connectivity index (χ1n) is 7.96. The largest absolute Gasteiger partial charge is 0.371 e. The van der Waals surface area contributed by atoms with E-state index in [-0.39, 0.29) is 10.9 Å². The van der Waals surface area contributed by atoms with Gasteiger partial charge in [0.2, 0.25) is 10.0 Å². The molecule has 114 valence electrons. The summed E-state index contributed by atoms with van der Waals surface area (Å²) in [6.45, 7) is 4.35. The fourth-order valence-electron chi connectivity index (χ4n) is 3.91. The van der Waals surface area contributed by atoms with E-state index in [9.17, 15) is 8.42 Å². The summed E-state index contributed by atoms with van der Waals surface area (Å²) in [5.74, 6) is 0. The van der Waals surface area contributed by atoms with Gasteiger partial charge in [-0.3, -0.25) is 4.90 Å². The molecule has 1 atom stereocenters. The van der Waals surface area contributed by atoms with Gasteiger partial charge in [-0.25, -0.2) is 8.42 Å². The summed E-state index contributed by atoms with van der Waals surface area (Å²) in [7, 11) is -3.00. The highest BCUT2D eigenvalue weighted by atomic mass is 32.2. The summed E-state index contributed by atoms with van der Waals surface area (Å²) < 4.78 is 32.0. The summed E-state index contributed by atoms with van der Waals surface area (Å²) in [6.07, 6.45) is 6.66. The molecule has 3 heterocycles. The Kier molecular flexibility index (Phi) is 3.15. The predicted octanol–water partition coefficient (Wildman–Crippen LogP) is 0.808. The van der Waals surface area contributed by atoms with Crippen molar-refractivity contribution >= 4 is 10.0 Å². The lowest BCUT2D eigenvalue weighted by Gasteiger charge is -2.46. The van der Waals surface area contributed by atoms with Crippen molar-refractivity contribution < 1.29 is 13.2 Å². The van der Waals surface area contributed by atoms with Gasteiger partial charge in [0.1, 0.15) is 0 Å². The smallest absolute Gasteiger partial charge is 0.217 e. The summed E-state index contributed by atoms with van der Waals surface area (Å²) in [4.78, 5) is 2.55. The molecule has 0 radical (unpaired) electrons. The van der Waals surface area contributed by atoms with Gasteiger partial charge in [0, 0.05) is 19.1 Å². The quantitative estimate of drug-likeness (QED) is 0.774. The Morgan fingerprint density at radius 3 is 2.40 bits per heavy atom. The molecule has 4 rings (SSSR count). The molecule has 3 aliphatic heterocycles. The van der Waals surface area contributed by atoms with Crippen LogP contribution in [0.1, 0.15) is 38.5 Å². The normalized spacial score (nSPS) is 35.3. The van der Waals surface area contributed by atoms with E-state index >= 15 is 0 Å². The van der Waals surface area contributed by atoms with Crippen LogP contribution >= 0.6 is 0 Å². The zero-order valence-corrected chi connectivity index (χ0v) is 12.8. The fraction of sp³-hybridized carbons (Fsp3) is 1.00. The third-order valence-corrected chi connectivity index (χ3v) is 7.62. The van der Waals surface area contributed by atoms with Crippen molar-refractivity contribution in [3.8, 4) is 0 Å². The first kappa shape index (κ1) is 13.5. The zero-order valence-electron chi connectivity index (χ0n) is 12.0. The van der Waals surface area contributed by atoms with Gasteiger partial charge in [0.05, 0.1) is 17.5 Å². The number of hydrogen-bond acceptors (Lipinski definition) is 4. The molecule has 0 aromatic rings. The van der Waals surface area contributed by atoms with Gasteiger partial charge < -0.3 is 4.74 Å². The molecular formula is C14H24N2O3S. The van der Waals surface area contributed by atoms with Crippen LogP contribution in [0.15, 0.2) is 0 Å². The molecule has 0 aromatic heterocycles. The molecule has 20 heavy (non-hydrogen) atoms. The van der Waals surface area contributed by atoms with E-state index in [1.165, 1.54) is 32.4 Å². The number of nitrogens with zero attached hydrogens (tertiary/aromatic N) is 2. The maximum atomic E-state index is 12.2. The SMILES string of the molecule is O=S(=O)(C1CC1)N1CC2(CC(N3CCCCC3)CO2)C1. The average molecular weight is 300 g/mol. The number of likely N-dealkylation sites (tertiary alicyclic amines) is 1. The van der Waals surface area contributed by atoms with Crippen molar-refractivity contribution in [1.29, 1.82) is 0 Å². The molecule has 3 saturated heterocycles. The zero-order chi connectivity index (χ0) is 13.8. The molecule has 4 fully saturated rings. The van der Waals surface area contributed by atoms with E-state index in [1.807, 2.05) is 0 Å². The summed E-state index contributed by atoms with van der Waals surface area (Å²) in [6, 6.07) is 0.515. The Labute approximate surface area is 121 Å². The summed E-state index contributed by atoms with van der Waals surface area (Å²) in [5.41, 5.74) is -0.163. The second-order valence-corrected chi connectivity index (χ2v) is 9.17. The molecule has 1 aliphatic carbocycles. The Hall–Kier alpha value is -0.170. The first-order valence-corrected chi connectivity index (χ1v) is 9.46. The highest BCUT2D eigenvalue weighted by Crippen LogP contribution is 2.42. The Morgan fingerprint density at radius 2 is 1.75 bits per heavy atom. The summed E-state index contributed by atoms with van der Waals surface area (Å²) in [5, 5.41) is -0.0841. The van der Waals surface area contributed by atoms with Gasteiger partial charge in [-0.15, -0.1) is 0 Å². The van der Waals surface area contributed by atoms with E-state index in [0.29, 0.717) is 19.1 Å². The van der Waals surface area contributed by atoms with E-state index in [2.05, 4.69) is 4.90 Å². The number of hydrogen-bond donors (Lipinski definition) is 0. The van der Waals surface area contributed by atoms with Crippen LogP contribution in [0.2, 0.25) is 0 Å². The lowest BCUT2D eigenvalue weighted by atomic mass is 9.91. The van der Waals surface area contributed by atoms with E-state index < -0.39 is 10.0 Å². The minimum Gasteiger partial charge on any atom is -0.371 e. The van der Waals surface area contributed by atoms with E-state index in [0.717, 1.165) is 25.9 Å². The van der Waals surface area contributed by atoms with Crippen LogP contribution in [0.5, 0.6) is 0 Å². The van der Waals surface area contributed by atoms with Crippen molar-refractivity contribution in [2.24, 2.45) is 0 Å². The van der Waals surface area contributed by atoms with Gasteiger partial charge in [-0.2, -0.15) is 4.31 Å². The van der Waals surface area contributed by atoms with Crippen molar-refractivity contribution in [1.82, 2.24) is 9.21 Å². The molecule has 0 aromatic carbocycles. The minimum absolute atomic E-state index is 0.0841. The van der Waals surface area contributed by atoms with Gasteiger partial charge in [-0.1, -0.05) is 6.42 Å². The molecule has 4 aliphatic rings. The van der Waals surface area contributed by atoms with Crippen LogP contribution in [0.25, 0.3) is 0 Å². The summed E-state index contributed by atoms with van der Waals surface area (Å²) >= 11 is 0. The maximum absolute atomic E-state index is 12.2. The molecule has 1 spiro atoms. The van der Waals surface area contributed by atoms with Crippen LogP contribution in [-0.2, 0) is 14.8 Å². The van der Waals surface area contributed by atoms with Gasteiger partial charge in [0.15, 0.2) is 0 Å². The van der Waals surface area contributed by atoms with E-state index in [1.54, 1.807) is 4.31 Å². The monoisotopic (exact) mass is 300 g/mol. The molecule has 1 unspecified atom stereocenters. The Bertz CT molecular complexity index is 477. The van der Waals surface area contributed by atoms with Crippen LogP contribution in [0.4, 0.5) is 0 Å². The molecule has 0 N–H and O–H groups in total. The van der Waals surface area contributed by atoms with Crippen LogP contribution < -0.4 is 0 Å². The Balaban J connectivity index is 1.35. The van der Waals surface area contributed by atoms with Crippen molar-refractivity contribution in [3.05, 3.63) is 0 Å². The van der Waals surface area contributed by atoms with Crippen molar-refractivity contribution in [3.63, 3.8) is 0 Å². The predicted molar refractivity (Wildman–Crippen MR) is 76.0 cm³/mol. The number of sulfonamides is 1. The van der Waals surface area contributed by atoms with Crippen LogP contribution in [-0.4, -0.2) is 67.3 Å². The minimum atomic E-state index is -3.00. The molecule has 1 saturated carbocycles. The van der Waals surface area contributed by atoms with Gasteiger partial charge in [-0.05, 0) is 45.2 Å². The topological polar surface area (TPSA) is 49.9 Å². The number of rotatable bonds is 3. The van der Waals surface area contributed by atoms with Crippen LogP contribution in [0.3, 0.4) is 0 Å².